The van der Waals surface area contributed by atoms with Gasteiger partial charge >= 0.3 is 5.92 Å². The highest BCUT2D eigenvalue weighted by molar-refractivity contribution is 7.15. The molecule has 34 heavy (non-hydrogen) atoms. The van der Waals surface area contributed by atoms with Gasteiger partial charge in [0.15, 0.2) is 5.13 Å². The summed E-state index contributed by atoms with van der Waals surface area (Å²) in [5.41, 5.74) is 0.423. The quantitative estimate of drug-likeness (QED) is 0.406. The summed E-state index contributed by atoms with van der Waals surface area (Å²) in [5, 5.41) is 11.6. The largest absolute Gasteiger partial charge is 0.489 e. The Morgan fingerprint density at radius 3 is 2.65 bits per heavy atom. The lowest BCUT2D eigenvalue weighted by Gasteiger charge is -2.24. The number of anilines is 2. The minimum Gasteiger partial charge on any atom is -0.489 e. The van der Waals surface area contributed by atoms with Crippen LogP contribution in [0.2, 0.25) is 0 Å². The van der Waals surface area contributed by atoms with Crippen LogP contribution in [-0.2, 0) is 5.92 Å². The Bertz CT molecular complexity index is 1150. The van der Waals surface area contributed by atoms with Crippen LogP contribution in [0.5, 0.6) is 5.75 Å². The molecule has 3 aromatic rings. The third-order valence-electron chi connectivity index (χ3n) is 5.32. The molecule has 2 N–H and O–H groups in total. The van der Waals surface area contributed by atoms with E-state index in [0.717, 1.165) is 31.0 Å². The molecule has 0 atom stereocenters. The fraction of sp³-hybridized carbons (Fsp3) is 0.333. The van der Waals surface area contributed by atoms with Crippen molar-refractivity contribution in [1.29, 1.82) is 0 Å². The molecular formula is C24H26F3N3O3S. The second kappa shape index (κ2) is 10.9. The predicted molar refractivity (Wildman–Crippen MR) is 127 cm³/mol. The molecule has 0 aliphatic carbocycles. The minimum absolute atomic E-state index is 0.0145. The molecular weight excluding hydrogens is 467 g/mol. The molecule has 1 aromatic heterocycles. The van der Waals surface area contributed by atoms with Crippen LogP contribution < -0.4 is 15.0 Å². The number of aliphatic hydroxyl groups excluding tert-OH is 1. The lowest BCUT2D eigenvalue weighted by atomic mass is 10.0. The van der Waals surface area contributed by atoms with E-state index in [1.165, 1.54) is 25.1 Å². The van der Waals surface area contributed by atoms with Crippen molar-refractivity contribution in [2.75, 3.05) is 36.5 Å². The maximum absolute atomic E-state index is 15.0. The van der Waals surface area contributed by atoms with E-state index in [-0.39, 0.29) is 29.5 Å². The maximum atomic E-state index is 15.0. The molecule has 2 aromatic carbocycles. The fourth-order valence-electron chi connectivity index (χ4n) is 3.48. The highest BCUT2D eigenvalue weighted by Crippen LogP contribution is 2.41. The van der Waals surface area contributed by atoms with Gasteiger partial charge in [-0.15, -0.1) is 0 Å². The van der Waals surface area contributed by atoms with Gasteiger partial charge in [-0.25, -0.2) is 9.37 Å². The third-order valence-corrected chi connectivity index (χ3v) is 6.30. The van der Waals surface area contributed by atoms with Gasteiger partial charge < -0.3 is 14.7 Å². The predicted octanol–water partition coefficient (Wildman–Crippen LogP) is 5.20. The molecule has 0 spiro atoms. The minimum atomic E-state index is -3.47. The number of nitrogens with one attached hydrogen (secondary N) is 1. The van der Waals surface area contributed by atoms with Crippen molar-refractivity contribution in [2.24, 2.45) is 0 Å². The first-order chi connectivity index (χ1) is 16.2. The Labute approximate surface area is 200 Å². The Morgan fingerprint density at radius 2 is 1.97 bits per heavy atom. The highest BCUT2D eigenvalue weighted by atomic mass is 32.1. The molecule has 182 valence electrons. The van der Waals surface area contributed by atoms with Crippen LogP contribution in [0, 0.1) is 12.7 Å². The van der Waals surface area contributed by atoms with E-state index in [9.17, 15) is 9.18 Å². The molecule has 0 bridgehead atoms. The van der Waals surface area contributed by atoms with Crippen molar-refractivity contribution in [2.45, 2.75) is 26.7 Å². The van der Waals surface area contributed by atoms with Crippen molar-refractivity contribution >= 4 is 28.1 Å². The third kappa shape index (κ3) is 5.34. The van der Waals surface area contributed by atoms with Crippen LogP contribution in [0.3, 0.4) is 0 Å². The number of alkyl halides is 2. The monoisotopic (exact) mass is 493 g/mol. The summed E-state index contributed by atoms with van der Waals surface area (Å²) >= 11 is 0.618. The van der Waals surface area contributed by atoms with Crippen LogP contribution in [-0.4, -0.2) is 42.3 Å². The SMILES string of the molecule is CCN(CC)c1ccc(C(=O)Nc2ncc(C(F)(F)c3cccc(F)c3C)s2)cc1OCCO. The molecule has 0 saturated carbocycles. The van der Waals surface area contributed by atoms with E-state index < -0.39 is 28.1 Å². The molecule has 1 heterocycles. The van der Waals surface area contributed by atoms with Gasteiger partial charge in [0.25, 0.3) is 5.91 Å². The Balaban J connectivity index is 1.83. The summed E-state index contributed by atoms with van der Waals surface area (Å²) in [7, 11) is 0. The number of carbonyl (C=O) groups is 1. The van der Waals surface area contributed by atoms with Gasteiger partial charge in [0.2, 0.25) is 0 Å². The van der Waals surface area contributed by atoms with Crippen molar-refractivity contribution in [1.82, 2.24) is 4.98 Å². The normalized spacial score (nSPS) is 11.4. The number of rotatable bonds is 10. The topological polar surface area (TPSA) is 74.7 Å². The Kier molecular flexibility index (Phi) is 8.16. The second-order valence-corrected chi connectivity index (χ2v) is 8.43. The highest BCUT2D eigenvalue weighted by Gasteiger charge is 2.38. The first kappa shape index (κ1) is 25.5. The number of halogens is 3. The average molecular weight is 494 g/mol. The van der Waals surface area contributed by atoms with Gasteiger partial charge in [-0.2, -0.15) is 8.78 Å². The molecule has 3 rings (SSSR count). The summed E-state index contributed by atoms with van der Waals surface area (Å²) in [6.07, 6.45) is 0.976. The molecule has 0 fully saturated rings. The van der Waals surface area contributed by atoms with Crippen LogP contribution in [0.25, 0.3) is 0 Å². The number of thiazole rings is 1. The number of ether oxygens (including phenoxy) is 1. The second-order valence-electron chi connectivity index (χ2n) is 7.40. The van der Waals surface area contributed by atoms with E-state index in [0.29, 0.717) is 17.1 Å². The summed E-state index contributed by atoms with van der Waals surface area (Å²) in [6, 6.07) is 8.40. The number of carbonyl (C=O) groups excluding carboxylic acids is 1. The molecule has 0 aliphatic heterocycles. The van der Waals surface area contributed by atoms with E-state index in [1.807, 2.05) is 18.7 Å². The van der Waals surface area contributed by atoms with Gasteiger partial charge in [0.05, 0.1) is 12.3 Å². The van der Waals surface area contributed by atoms with Crippen molar-refractivity contribution < 1.29 is 27.8 Å². The van der Waals surface area contributed by atoms with Gasteiger partial charge in [-0.05, 0) is 50.6 Å². The molecule has 0 saturated heterocycles. The number of nitrogens with zero attached hydrogens (tertiary/aromatic N) is 2. The number of hydrogen-bond donors (Lipinski definition) is 2. The lowest BCUT2D eigenvalue weighted by Crippen LogP contribution is -2.23. The van der Waals surface area contributed by atoms with Gasteiger partial charge in [-0.1, -0.05) is 23.5 Å². The van der Waals surface area contributed by atoms with E-state index >= 15 is 8.78 Å². The smallest absolute Gasteiger partial charge is 0.309 e. The van der Waals surface area contributed by atoms with Crippen LogP contribution in [0.4, 0.5) is 24.0 Å². The summed E-state index contributed by atoms with van der Waals surface area (Å²) in [4.78, 5) is 18.3. The summed E-state index contributed by atoms with van der Waals surface area (Å²) < 4.78 is 49.4. The standard InChI is InChI=1S/C24H26F3N3O3S/c1-4-30(5-2)19-10-9-16(13-20(19)33-12-11-31)22(32)29-23-28-14-21(34-23)24(26,27)17-7-6-8-18(25)15(17)3/h6-10,13-14,31H,4-5,11-12H2,1-3H3,(H,28,29,32). The number of aromatic nitrogens is 1. The number of benzene rings is 2. The molecule has 0 aliphatic rings. The van der Waals surface area contributed by atoms with Gasteiger partial charge in [-0.3, -0.25) is 10.1 Å². The summed E-state index contributed by atoms with van der Waals surface area (Å²) in [5.74, 6) is -4.31. The van der Waals surface area contributed by atoms with Crippen molar-refractivity contribution in [3.63, 3.8) is 0 Å². The van der Waals surface area contributed by atoms with Crippen LogP contribution >= 0.6 is 11.3 Å². The molecule has 6 nitrogen and oxygen atoms in total. The molecule has 1 amide bonds. The maximum Gasteiger partial charge on any atom is 0.309 e. The van der Waals surface area contributed by atoms with E-state index in [4.69, 9.17) is 9.84 Å². The van der Waals surface area contributed by atoms with Crippen molar-refractivity contribution in [3.05, 3.63) is 70.0 Å². The van der Waals surface area contributed by atoms with Crippen molar-refractivity contribution in [3.8, 4) is 5.75 Å². The lowest BCUT2D eigenvalue weighted by molar-refractivity contribution is 0.0456. The van der Waals surface area contributed by atoms with E-state index in [1.54, 1.807) is 12.1 Å². The molecule has 0 radical (unpaired) electrons. The zero-order valence-corrected chi connectivity index (χ0v) is 19.9. The van der Waals surface area contributed by atoms with Gasteiger partial charge in [0, 0.05) is 30.4 Å². The van der Waals surface area contributed by atoms with Crippen LogP contribution in [0.1, 0.15) is 40.2 Å². The van der Waals surface area contributed by atoms with E-state index in [2.05, 4.69) is 10.3 Å². The Hall–Kier alpha value is -3.11. The van der Waals surface area contributed by atoms with Gasteiger partial charge in [0.1, 0.15) is 23.1 Å². The van der Waals surface area contributed by atoms with Crippen LogP contribution in [0.15, 0.2) is 42.6 Å². The summed E-state index contributed by atoms with van der Waals surface area (Å²) in [6.45, 7) is 6.58. The molecule has 0 unspecified atom stereocenters. The zero-order valence-electron chi connectivity index (χ0n) is 19.1. The number of amides is 1. The first-order valence-corrected chi connectivity index (χ1v) is 11.6. The Morgan fingerprint density at radius 1 is 1.24 bits per heavy atom. The molecule has 10 heteroatoms. The fourth-order valence-corrected chi connectivity index (χ4v) is 4.28. The average Bonchev–Trinajstić information content (AvgIpc) is 3.30. The number of aliphatic hydroxyl groups is 1. The zero-order chi connectivity index (χ0) is 24.9. The first-order valence-electron chi connectivity index (χ1n) is 10.8. The number of hydrogen-bond acceptors (Lipinski definition) is 6.